The molecule has 168 valence electrons. The molecule has 0 spiro atoms. The first kappa shape index (κ1) is 27.4. The molecule has 0 radical (unpaired) electrons. The van der Waals surface area contributed by atoms with Crippen LogP contribution in [0.4, 0.5) is 0 Å². The van der Waals surface area contributed by atoms with Crippen molar-refractivity contribution in [3.8, 4) is 0 Å². The van der Waals surface area contributed by atoms with Gasteiger partial charge in [0.15, 0.2) is 6.10 Å². The number of rotatable bonds is 22. The van der Waals surface area contributed by atoms with Crippen molar-refractivity contribution in [3.63, 3.8) is 0 Å². The van der Waals surface area contributed by atoms with Crippen LogP contribution in [0.25, 0.3) is 0 Å². The van der Waals surface area contributed by atoms with E-state index in [1.54, 1.807) is 0 Å². The van der Waals surface area contributed by atoms with Crippen LogP contribution in [0.5, 0.6) is 0 Å². The Bertz CT molecular complexity index is 333. The highest BCUT2D eigenvalue weighted by molar-refractivity contribution is 5.72. The zero-order valence-corrected chi connectivity index (χ0v) is 18.5. The molecular formula is C24H48O4. The van der Waals surface area contributed by atoms with Crippen LogP contribution in [0, 0.1) is 0 Å². The molecule has 3 N–H and O–H groups in total. The van der Waals surface area contributed by atoms with Gasteiger partial charge in [0, 0.05) is 0 Å². The fourth-order valence-corrected chi connectivity index (χ4v) is 3.75. The second-order valence-electron chi connectivity index (χ2n) is 8.50. The Morgan fingerprint density at radius 1 is 0.571 bits per heavy atom. The highest BCUT2D eigenvalue weighted by atomic mass is 16.4. The molecule has 0 aliphatic rings. The van der Waals surface area contributed by atoms with Crippen LogP contribution in [0.1, 0.15) is 135 Å². The summed E-state index contributed by atoms with van der Waals surface area (Å²) >= 11 is 0. The summed E-state index contributed by atoms with van der Waals surface area (Å²) in [4.78, 5) is 10.5. The molecule has 0 fully saturated rings. The quantitative estimate of drug-likeness (QED) is 0.179. The van der Waals surface area contributed by atoms with Crippen LogP contribution in [0.3, 0.4) is 0 Å². The van der Waals surface area contributed by atoms with Crippen LogP contribution >= 0.6 is 0 Å². The third kappa shape index (κ3) is 18.7. The van der Waals surface area contributed by atoms with E-state index in [2.05, 4.69) is 6.92 Å². The topological polar surface area (TPSA) is 77.8 Å². The molecule has 0 aromatic carbocycles. The van der Waals surface area contributed by atoms with Crippen LogP contribution < -0.4 is 0 Å². The molecule has 2 atom stereocenters. The van der Waals surface area contributed by atoms with Crippen molar-refractivity contribution in [2.75, 3.05) is 0 Å². The average molecular weight is 401 g/mol. The number of aliphatic hydroxyl groups is 2. The van der Waals surface area contributed by atoms with Gasteiger partial charge in [-0.15, -0.1) is 0 Å². The summed E-state index contributed by atoms with van der Waals surface area (Å²) < 4.78 is 0. The van der Waals surface area contributed by atoms with Crippen LogP contribution in [0.15, 0.2) is 0 Å². The Kier molecular flexibility index (Phi) is 20.6. The molecule has 0 aliphatic carbocycles. The van der Waals surface area contributed by atoms with Gasteiger partial charge in [-0.25, -0.2) is 4.79 Å². The summed E-state index contributed by atoms with van der Waals surface area (Å²) in [5, 5.41) is 27.3. The van der Waals surface area contributed by atoms with Gasteiger partial charge in [-0.1, -0.05) is 129 Å². The lowest BCUT2D eigenvalue weighted by atomic mass is 10.0. The maximum Gasteiger partial charge on any atom is 0.335 e. The first-order chi connectivity index (χ1) is 13.6. The Hall–Kier alpha value is -0.610. The minimum absolute atomic E-state index is 0.367. The number of carbonyl (C=O) groups is 1. The molecule has 0 saturated heterocycles. The summed E-state index contributed by atoms with van der Waals surface area (Å²) in [6, 6.07) is 0. The molecule has 0 aromatic heterocycles. The second-order valence-corrected chi connectivity index (χ2v) is 8.50. The van der Waals surface area contributed by atoms with Crippen molar-refractivity contribution >= 4 is 5.97 Å². The standard InChI is InChI=1S/C24H48O4/c1-2-3-4-5-6-7-8-9-10-11-12-13-14-15-16-17-18-19-20-21-22(25)23(26)24(27)28/h22-23,25-26H,2-21H2,1H3,(H,27,28). The number of unbranched alkanes of at least 4 members (excludes halogenated alkanes) is 18. The normalized spacial score (nSPS) is 13.5. The van der Waals surface area contributed by atoms with Crippen molar-refractivity contribution in [1.82, 2.24) is 0 Å². The summed E-state index contributed by atoms with van der Waals surface area (Å²) in [5.41, 5.74) is 0. The van der Waals surface area contributed by atoms with E-state index in [1.807, 2.05) is 0 Å². The predicted octanol–water partition coefficient (Wildman–Crippen LogP) is 6.61. The summed E-state index contributed by atoms with van der Waals surface area (Å²) in [6.07, 6.45) is 22.6. The van der Waals surface area contributed by atoms with Crippen molar-refractivity contribution in [3.05, 3.63) is 0 Å². The molecule has 0 rings (SSSR count). The van der Waals surface area contributed by atoms with Gasteiger partial charge >= 0.3 is 5.97 Å². The van der Waals surface area contributed by atoms with E-state index < -0.39 is 18.2 Å². The van der Waals surface area contributed by atoms with Gasteiger partial charge in [-0.2, -0.15) is 0 Å². The van der Waals surface area contributed by atoms with E-state index in [1.165, 1.54) is 103 Å². The van der Waals surface area contributed by atoms with E-state index in [0.717, 1.165) is 19.3 Å². The number of carboxylic acids is 1. The van der Waals surface area contributed by atoms with Gasteiger partial charge < -0.3 is 15.3 Å². The van der Waals surface area contributed by atoms with Gasteiger partial charge in [0.1, 0.15) is 0 Å². The van der Waals surface area contributed by atoms with Crippen LogP contribution in [0.2, 0.25) is 0 Å². The van der Waals surface area contributed by atoms with E-state index in [0.29, 0.717) is 6.42 Å². The Morgan fingerprint density at radius 3 is 1.14 bits per heavy atom. The Balaban J connectivity index is 3.13. The van der Waals surface area contributed by atoms with Crippen LogP contribution in [-0.2, 0) is 4.79 Å². The lowest BCUT2D eigenvalue weighted by Gasteiger charge is -2.13. The van der Waals surface area contributed by atoms with E-state index >= 15 is 0 Å². The number of carboxylic acid groups (broad SMARTS) is 1. The number of hydrogen-bond acceptors (Lipinski definition) is 3. The summed E-state index contributed by atoms with van der Waals surface area (Å²) in [5.74, 6) is -1.34. The molecule has 28 heavy (non-hydrogen) atoms. The second kappa shape index (κ2) is 21.1. The largest absolute Gasteiger partial charge is 0.479 e. The SMILES string of the molecule is CCCCCCCCCCCCCCCCCCCCCC(O)C(O)C(=O)O. The van der Waals surface area contributed by atoms with Crippen molar-refractivity contribution in [2.45, 2.75) is 148 Å². The maximum atomic E-state index is 10.5. The molecule has 0 saturated carbocycles. The number of aliphatic carboxylic acids is 1. The number of hydrogen-bond donors (Lipinski definition) is 3. The maximum absolute atomic E-state index is 10.5. The summed E-state index contributed by atoms with van der Waals surface area (Å²) in [7, 11) is 0. The van der Waals surface area contributed by atoms with Crippen molar-refractivity contribution < 1.29 is 20.1 Å². The Morgan fingerprint density at radius 2 is 0.857 bits per heavy atom. The molecular weight excluding hydrogens is 352 g/mol. The minimum atomic E-state index is -1.64. The third-order valence-corrected chi connectivity index (χ3v) is 5.72. The predicted molar refractivity (Wildman–Crippen MR) is 118 cm³/mol. The molecule has 0 aromatic rings. The van der Waals surface area contributed by atoms with Gasteiger partial charge in [0.05, 0.1) is 6.10 Å². The lowest BCUT2D eigenvalue weighted by molar-refractivity contribution is -0.153. The highest BCUT2D eigenvalue weighted by Gasteiger charge is 2.22. The zero-order valence-electron chi connectivity index (χ0n) is 18.5. The molecule has 0 heterocycles. The molecule has 0 amide bonds. The third-order valence-electron chi connectivity index (χ3n) is 5.72. The highest BCUT2D eigenvalue weighted by Crippen LogP contribution is 2.15. The van der Waals surface area contributed by atoms with Crippen molar-refractivity contribution in [2.24, 2.45) is 0 Å². The van der Waals surface area contributed by atoms with Gasteiger partial charge in [0.2, 0.25) is 0 Å². The number of aliphatic hydroxyl groups excluding tert-OH is 2. The van der Waals surface area contributed by atoms with Crippen LogP contribution in [-0.4, -0.2) is 33.5 Å². The molecule has 0 aliphatic heterocycles. The zero-order chi connectivity index (χ0) is 20.9. The minimum Gasteiger partial charge on any atom is -0.479 e. The molecule has 4 nitrogen and oxygen atoms in total. The molecule has 0 bridgehead atoms. The van der Waals surface area contributed by atoms with E-state index in [-0.39, 0.29) is 0 Å². The van der Waals surface area contributed by atoms with Crippen molar-refractivity contribution in [1.29, 1.82) is 0 Å². The van der Waals surface area contributed by atoms with Gasteiger partial charge in [-0.3, -0.25) is 0 Å². The first-order valence-electron chi connectivity index (χ1n) is 12.2. The Labute approximate surface area is 174 Å². The first-order valence-corrected chi connectivity index (χ1v) is 12.2. The average Bonchev–Trinajstić information content (AvgIpc) is 2.68. The van der Waals surface area contributed by atoms with E-state index in [4.69, 9.17) is 5.11 Å². The fourth-order valence-electron chi connectivity index (χ4n) is 3.75. The van der Waals surface area contributed by atoms with Gasteiger partial charge in [0.25, 0.3) is 0 Å². The monoisotopic (exact) mass is 400 g/mol. The lowest BCUT2D eigenvalue weighted by Crippen LogP contribution is -2.33. The van der Waals surface area contributed by atoms with Gasteiger partial charge in [-0.05, 0) is 6.42 Å². The summed E-state index contributed by atoms with van der Waals surface area (Å²) in [6.45, 7) is 2.27. The fraction of sp³-hybridized carbons (Fsp3) is 0.958. The molecule has 2 unspecified atom stereocenters. The smallest absolute Gasteiger partial charge is 0.335 e. The van der Waals surface area contributed by atoms with E-state index in [9.17, 15) is 15.0 Å². The molecule has 4 heteroatoms.